The number of aromatic nitrogens is 1. The lowest BCUT2D eigenvalue weighted by Crippen LogP contribution is -2.38. The van der Waals surface area contributed by atoms with Crippen molar-refractivity contribution in [1.29, 1.82) is 0 Å². The summed E-state index contributed by atoms with van der Waals surface area (Å²) in [5.74, 6) is 0.901. The minimum absolute atomic E-state index is 0.880. The highest BCUT2D eigenvalue weighted by atomic mass is 15.2. The number of guanidine groups is 1. The highest BCUT2D eigenvalue weighted by Crippen LogP contribution is 2.19. The maximum absolute atomic E-state index is 4.33. The molecule has 0 radical (unpaired) electrons. The van der Waals surface area contributed by atoms with Gasteiger partial charge in [0.2, 0.25) is 0 Å². The number of aliphatic imine (C=N–C) groups is 1. The first-order valence-corrected chi connectivity index (χ1v) is 10.3. The number of nitrogens with one attached hydrogen (secondary N) is 3. The van der Waals surface area contributed by atoms with E-state index in [2.05, 4.69) is 70.9 Å². The van der Waals surface area contributed by atoms with Crippen LogP contribution in [0.2, 0.25) is 0 Å². The number of benzene rings is 1. The molecule has 0 spiro atoms. The summed E-state index contributed by atoms with van der Waals surface area (Å²) < 4.78 is 0. The Bertz CT molecular complexity index is 702. The summed E-state index contributed by atoms with van der Waals surface area (Å²) in [6, 6.07) is 6.59. The lowest BCUT2D eigenvalue weighted by Gasteiger charge is -2.12. The minimum Gasteiger partial charge on any atom is -0.361 e. The SMILES string of the molecule is CN=C(NCCCCCCCN(C)C)NCCc1c[nH]c2cc(C)ccc12. The van der Waals surface area contributed by atoms with Gasteiger partial charge in [-0.25, -0.2) is 0 Å². The molecule has 27 heavy (non-hydrogen) atoms. The van der Waals surface area contributed by atoms with Crippen molar-refractivity contribution in [3.8, 4) is 0 Å². The summed E-state index contributed by atoms with van der Waals surface area (Å²) in [6.07, 6.45) is 9.54. The molecule has 0 aliphatic heterocycles. The molecule has 0 bridgehead atoms. The Hall–Kier alpha value is -2.01. The molecule has 5 heteroatoms. The first-order valence-electron chi connectivity index (χ1n) is 10.3. The lowest BCUT2D eigenvalue weighted by atomic mass is 10.1. The Morgan fingerprint density at radius 2 is 1.78 bits per heavy atom. The van der Waals surface area contributed by atoms with Crippen LogP contribution in [0.25, 0.3) is 10.9 Å². The third kappa shape index (κ3) is 7.63. The molecule has 150 valence electrons. The van der Waals surface area contributed by atoms with Crippen LogP contribution in [0.1, 0.15) is 43.2 Å². The van der Waals surface area contributed by atoms with Crippen molar-refractivity contribution in [3.05, 3.63) is 35.5 Å². The first-order chi connectivity index (χ1) is 13.1. The van der Waals surface area contributed by atoms with E-state index in [-0.39, 0.29) is 0 Å². The normalized spacial score (nSPS) is 12.1. The molecule has 0 atom stereocenters. The van der Waals surface area contributed by atoms with Gasteiger partial charge in [0.05, 0.1) is 0 Å². The second-order valence-electron chi connectivity index (χ2n) is 7.61. The predicted molar refractivity (Wildman–Crippen MR) is 118 cm³/mol. The molecule has 0 saturated heterocycles. The zero-order valence-electron chi connectivity index (χ0n) is 17.6. The van der Waals surface area contributed by atoms with Gasteiger partial charge in [-0.2, -0.15) is 0 Å². The summed E-state index contributed by atoms with van der Waals surface area (Å²) in [6.45, 7) is 5.19. The van der Waals surface area contributed by atoms with Crippen LogP contribution >= 0.6 is 0 Å². The summed E-state index contributed by atoms with van der Waals surface area (Å²) in [5.41, 5.74) is 3.86. The average Bonchev–Trinajstić information content (AvgIpc) is 3.04. The van der Waals surface area contributed by atoms with Crippen LogP contribution in [0, 0.1) is 6.92 Å². The largest absolute Gasteiger partial charge is 0.361 e. The molecule has 0 unspecified atom stereocenters. The van der Waals surface area contributed by atoms with E-state index >= 15 is 0 Å². The van der Waals surface area contributed by atoms with Crippen molar-refractivity contribution in [3.63, 3.8) is 0 Å². The van der Waals surface area contributed by atoms with Crippen molar-refractivity contribution in [1.82, 2.24) is 20.5 Å². The maximum atomic E-state index is 4.33. The van der Waals surface area contributed by atoms with Crippen molar-refractivity contribution >= 4 is 16.9 Å². The minimum atomic E-state index is 0.880. The molecule has 0 saturated carbocycles. The molecular formula is C22H37N5. The monoisotopic (exact) mass is 371 g/mol. The fourth-order valence-electron chi connectivity index (χ4n) is 3.33. The second-order valence-corrected chi connectivity index (χ2v) is 7.61. The highest BCUT2D eigenvalue weighted by molar-refractivity contribution is 5.84. The number of nitrogens with zero attached hydrogens (tertiary/aromatic N) is 2. The number of hydrogen-bond acceptors (Lipinski definition) is 2. The molecule has 2 rings (SSSR count). The van der Waals surface area contributed by atoms with Crippen LogP contribution in [0.5, 0.6) is 0 Å². The van der Waals surface area contributed by atoms with Crippen LogP contribution in [-0.2, 0) is 6.42 Å². The summed E-state index contributed by atoms with van der Waals surface area (Å²) in [5, 5.41) is 8.17. The van der Waals surface area contributed by atoms with Crippen LogP contribution in [-0.4, -0.2) is 56.6 Å². The molecular weight excluding hydrogens is 334 g/mol. The van der Waals surface area contributed by atoms with E-state index in [9.17, 15) is 0 Å². The van der Waals surface area contributed by atoms with Crippen molar-refractivity contribution in [2.24, 2.45) is 4.99 Å². The predicted octanol–water partition coefficient (Wildman–Crippen LogP) is 3.70. The van der Waals surface area contributed by atoms with Crippen LogP contribution in [0.3, 0.4) is 0 Å². The zero-order chi connectivity index (χ0) is 19.5. The molecule has 5 nitrogen and oxygen atoms in total. The van der Waals surface area contributed by atoms with Gasteiger partial charge in [0.1, 0.15) is 0 Å². The Morgan fingerprint density at radius 1 is 1.04 bits per heavy atom. The van der Waals surface area contributed by atoms with Gasteiger partial charge in [-0.15, -0.1) is 0 Å². The molecule has 1 heterocycles. The van der Waals surface area contributed by atoms with Crippen LogP contribution in [0.15, 0.2) is 29.4 Å². The van der Waals surface area contributed by atoms with Gasteiger partial charge < -0.3 is 20.5 Å². The smallest absolute Gasteiger partial charge is 0.190 e. The van der Waals surface area contributed by atoms with E-state index in [1.54, 1.807) is 0 Å². The number of rotatable bonds is 11. The Labute approximate surface area is 164 Å². The highest BCUT2D eigenvalue weighted by Gasteiger charge is 2.04. The third-order valence-corrected chi connectivity index (χ3v) is 4.91. The third-order valence-electron chi connectivity index (χ3n) is 4.91. The van der Waals surface area contributed by atoms with E-state index in [0.717, 1.165) is 25.5 Å². The molecule has 1 aromatic carbocycles. The van der Waals surface area contributed by atoms with Crippen molar-refractivity contribution < 1.29 is 0 Å². The fraction of sp³-hybridized carbons (Fsp3) is 0.591. The second kappa shape index (κ2) is 11.7. The quantitative estimate of drug-likeness (QED) is 0.321. The first kappa shape index (κ1) is 21.3. The van der Waals surface area contributed by atoms with E-state index in [4.69, 9.17) is 0 Å². The van der Waals surface area contributed by atoms with Gasteiger partial charge in [-0.3, -0.25) is 4.99 Å². The molecule has 1 aromatic heterocycles. The Kier molecular flexibility index (Phi) is 9.19. The molecule has 0 fully saturated rings. The topological polar surface area (TPSA) is 55.5 Å². The average molecular weight is 372 g/mol. The van der Waals surface area contributed by atoms with Gasteiger partial charge in [-0.05, 0) is 64.0 Å². The van der Waals surface area contributed by atoms with Gasteiger partial charge in [-0.1, -0.05) is 31.4 Å². The van der Waals surface area contributed by atoms with Gasteiger partial charge >= 0.3 is 0 Å². The number of aromatic amines is 1. The fourth-order valence-corrected chi connectivity index (χ4v) is 3.33. The van der Waals surface area contributed by atoms with Gasteiger partial charge in [0.25, 0.3) is 0 Å². The summed E-state index contributed by atoms with van der Waals surface area (Å²) >= 11 is 0. The maximum Gasteiger partial charge on any atom is 0.190 e. The van der Waals surface area contributed by atoms with Crippen molar-refractivity contribution in [2.75, 3.05) is 40.8 Å². The van der Waals surface area contributed by atoms with E-state index in [1.807, 2.05) is 7.05 Å². The number of aryl methyl sites for hydroxylation is 1. The Morgan fingerprint density at radius 3 is 2.56 bits per heavy atom. The number of hydrogen-bond donors (Lipinski definition) is 3. The van der Waals surface area contributed by atoms with Gasteiger partial charge in [0.15, 0.2) is 5.96 Å². The van der Waals surface area contributed by atoms with Crippen LogP contribution < -0.4 is 10.6 Å². The van der Waals surface area contributed by atoms with E-state index in [1.165, 1.54) is 60.7 Å². The molecule has 0 amide bonds. The summed E-state index contributed by atoms with van der Waals surface area (Å²) in [7, 11) is 6.12. The van der Waals surface area contributed by atoms with Crippen molar-refractivity contribution in [2.45, 2.75) is 45.4 Å². The van der Waals surface area contributed by atoms with Crippen LogP contribution in [0.4, 0.5) is 0 Å². The zero-order valence-corrected chi connectivity index (χ0v) is 17.6. The number of unbranched alkanes of at least 4 members (excludes halogenated alkanes) is 4. The van der Waals surface area contributed by atoms with E-state index < -0.39 is 0 Å². The summed E-state index contributed by atoms with van der Waals surface area (Å²) in [4.78, 5) is 9.96. The standard InChI is InChI=1S/C22H37N5/c1-18-10-11-20-19(17-26-21(20)16-18)12-14-25-22(23-2)24-13-8-6-5-7-9-15-27(3)4/h10-11,16-17,26H,5-9,12-15H2,1-4H3,(H2,23,24,25). The van der Waals surface area contributed by atoms with Gasteiger partial charge in [0, 0.05) is 37.2 Å². The Balaban J connectivity index is 1.60. The van der Waals surface area contributed by atoms with E-state index in [0.29, 0.717) is 0 Å². The lowest BCUT2D eigenvalue weighted by molar-refractivity contribution is 0.389. The number of fused-ring (bicyclic) bond motifs is 1. The molecule has 0 aliphatic rings. The molecule has 3 N–H and O–H groups in total. The molecule has 0 aliphatic carbocycles. The number of H-pyrrole nitrogens is 1. The molecule has 2 aromatic rings.